The standard InChI is InChI=1S/C12H14O2S/c13-12(9-4-6-14-7-5-9)10-2-1-3-11(15)8-10/h1-2,8-9H,3-7H2. The summed E-state index contributed by atoms with van der Waals surface area (Å²) in [5.41, 5.74) is 0.776. The molecule has 1 fully saturated rings. The first kappa shape index (κ1) is 10.7. The van der Waals surface area contributed by atoms with Crippen molar-refractivity contribution in [2.45, 2.75) is 19.3 Å². The molecule has 2 nitrogen and oxygen atoms in total. The van der Waals surface area contributed by atoms with E-state index >= 15 is 0 Å². The second-order valence-electron chi connectivity index (χ2n) is 3.92. The largest absolute Gasteiger partial charge is 0.381 e. The summed E-state index contributed by atoms with van der Waals surface area (Å²) in [5, 5.41) is 0. The Morgan fingerprint density at radius 2 is 2.13 bits per heavy atom. The third kappa shape index (κ3) is 2.61. The Morgan fingerprint density at radius 1 is 1.40 bits per heavy atom. The summed E-state index contributed by atoms with van der Waals surface area (Å²) >= 11 is 5.10. The van der Waals surface area contributed by atoms with Crippen LogP contribution in [0.3, 0.4) is 0 Å². The predicted molar refractivity (Wildman–Crippen MR) is 63.0 cm³/mol. The van der Waals surface area contributed by atoms with Crippen molar-refractivity contribution in [3.8, 4) is 0 Å². The van der Waals surface area contributed by atoms with E-state index in [2.05, 4.69) is 0 Å². The van der Waals surface area contributed by atoms with Gasteiger partial charge in [0.1, 0.15) is 0 Å². The van der Waals surface area contributed by atoms with Crippen molar-refractivity contribution < 1.29 is 9.53 Å². The van der Waals surface area contributed by atoms with Crippen LogP contribution < -0.4 is 0 Å². The third-order valence-electron chi connectivity index (χ3n) is 2.81. The molecule has 0 aromatic rings. The zero-order valence-electron chi connectivity index (χ0n) is 8.57. The topological polar surface area (TPSA) is 26.3 Å². The van der Waals surface area contributed by atoms with Crippen molar-refractivity contribution in [2.75, 3.05) is 13.2 Å². The van der Waals surface area contributed by atoms with Crippen LogP contribution >= 0.6 is 12.2 Å². The van der Waals surface area contributed by atoms with Gasteiger partial charge in [-0.15, -0.1) is 0 Å². The zero-order valence-corrected chi connectivity index (χ0v) is 9.39. The van der Waals surface area contributed by atoms with Gasteiger partial charge in [-0.3, -0.25) is 4.79 Å². The lowest BCUT2D eigenvalue weighted by molar-refractivity contribution is -0.121. The molecule has 1 aliphatic heterocycles. The van der Waals surface area contributed by atoms with Gasteiger partial charge in [-0.05, 0) is 18.9 Å². The molecular formula is C12H14O2S. The van der Waals surface area contributed by atoms with E-state index in [1.165, 1.54) is 0 Å². The van der Waals surface area contributed by atoms with Crippen LogP contribution in [0.2, 0.25) is 0 Å². The predicted octanol–water partition coefficient (Wildman–Crippen LogP) is 2.24. The minimum atomic E-state index is 0.135. The van der Waals surface area contributed by atoms with E-state index in [1.54, 1.807) is 0 Å². The Hall–Kier alpha value is -0.800. The Bertz CT molecular complexity index is 336. The molecule has 0 unspecified atom stereocenters. The fourth-order valence-corrected chi connectivity index (χ4v) is 2.15. The minimum Gasteiger partial charge on any atom is -0.381 e. The quantitative estimate of drug-likeness (QED) is 0.670. The molecule has 80 valence electrons. The zero-order chi connectivity index (χ0) is 10.7. The summed E-state index contributed by atoms with van der Waals surface area (Å²) < 4.78 is 5.24. The first-order valence-corrected chi connectivity index (χ1v) is 5.71. The van der Waals surface area contributed by atoms with E-state index < -0.39 is 0 Å². The summed E-state index contributed by atoms with van der Waals surface area (Å²) in [7, 11) is 0. The Labute approximate surface area is 95.0 Å². The summed E-state index contributed by atoms with van der Waals surface area (Å²) in [4.78, 5) is 12.9. The maximum absolute atomic E-state index is 12.1. The molecule has 3 heteroatoms. The lowest BCUT2D eigenvalue weighted by Crippen LogP contribution is -2.25. The molecule has 1 aliphatic carbocycles. The first-order chi connectivity index (χ1) is 7.27. The van der Waals surface area contributed by atoms with Gasteiger partial charge in [0, 0.05) is 36.0 Å². The minimum absolute atomic E-state index is 0.135. The Morgan fingerprint density at radius 3 is 2.80 bits per heavy atom. The molecule has 1 heterocycles. The number of carbonyl (C=O) groups excluding carboxylic acids is 1. The number of thiocarbonyl (C=S) groups is 1. The van der Waals surface area contributed by atoms with Crippen LogP contribution in [-0.4, -0.2) is 23.9 Å². The van der Waals surface area contributed by atoms with E-state index in [-0.39, 0.29) is 11.7 Å². The van der Waals surface area contributed by atoms with Crippen molar-refractivity contribution in [3.05, 3.63) is 23.8 Å². The SMILES string of the molecule is O=C(C1=CC(=S)CC=C1)C1CCOCC1. The third-order valence-corrected chi connectivity index (χ3v) is 3.09. The van der Waals surface area contributed by atoms with Crippen LogP contribution in [0.5, 0.6) is 0 Å². The molecule has 0 N–H and O–H groups in total. The van der Waals surface area contributed by atoms with Crippen molar-refractivity contribution in [1.82, 2.24) is 0 Å². The number of ketones is 1. The lowest BCUT2D eigenvalue weighted by atomic mass is 9.89. The van der Waals surface area contributed by atoms with Crippen LogP contribution in [0.15, 0.2) is 23.8 Å². The van der Waals surface area contributed by atoms with Gasteiger partial charge in [-0.25, -0.2) is 0 Å². The highest BCUT2D eigenvalue weighted by Crippen LogP contribution is 2.21. The molecule has 0 aromatic heterocycles. The van der Waals surface area contributed by atoms with E-state index in [0.29, 0.717) is 13.2 Å². The molecule has 2 rings (SSSR count). The summed E-state index contributed by atoms with van der Waals surface area (Å²) in [6.07, 6.45) is 8.18. The second-order valence-corrected chi connectivity index (χ2v) is 4.45. The van der Waals surface area contributed by atoms with Crippen molar-refractivity contribution in [3.63, 3.8) is 0 Å². The molecule has 0 aromatic carbocycles. The molecule has 0 spiro atoms. The van der Waals surface area contributed by atoms with Gasteiger partial charge >= 0.3 is 0 Å². The number of rotatable bonds is 2. The summed E-state index contributed by atoms with van der Waals surface area (Å²) in [6, 6.07) is 0. The molecular weight excluding hydrogens is 208 g/mol. The van der Waals surface area contributed by atoms with E-state index in [4.69, 9.17) is 17.0 Å². The number of hydrogen-bond acceptors (Lipinski definition) is 3. The van der Waals surface area contributed by atoms with Crippen LogP contribution in [0.1, 0.15) is 19.3 Å². The molecule has 1 saturated heterocycles. The number of hydrogen-bond donors (Lipinski definition) is 0. The number of allylic oxidation sites excluding steroid dienone is 4. The molecule has 0 saturated carbocycles. The van der Waals surface area contributed by atoms with Gasteiger partial charge in [0.25, 0.3) is 0 Å². The van der Waals surface area contributed by atoms with Gasteiger partial charge in [-0.2, -0.15) is 0 Å². The normalized spacial score (nSPS) is 22.7. The van der Waals surface area contributed by atoms with Crippen LogP contribution in [-0.2, 0) is 9.53 Å². The fraction of sp³-hybridized carbons (Fsp3) is 0.500. The van der Waals surface area contributed by atoms with Gasteiger partial charge in [0.2, 0.25) is 0 Å². The number of ether oxygens (including phenoxy) is 1. The van der Waals surface area contributed by atoms with Crippen molar-refractivity contribution >= 4 is 22.9 Å². The number of carbonyl (C=O) groups is 1. The Balaban J connectivity index is 2.06. The molecule has 15 heavy (non-hydrogen) atoms. The highest BCUT2D eigenvalue weighted by molar-refractivity contribution is 7.80. The number of Topliss-reactive ketones (excluding diaryl/α,β-unsaturated/α-hetero) is 1. The highest BCUT2D eigenvalue weighted by atomic mass is 32.1. The maximum atomic E-state index is 12.1. The van der Waals surface area contributed by atoms with Gasteiger partial charge in [0.05, 0.1) is 0 Å². The van der Waals surface area contributed by atoms with Crippen LogP contribution in [0.25, 0.3) is 0 Å². The van der Waals surface area contributed by atoms with Crippen LogP contribution in [0, 0.1) is 5.92 Å². The smallest absolute Gasteiger partial charge is 0.166 e. The van der Waals surface area contributed by atoms with Crippen LogP contribution in [0.4, 0.5) is 0 Å². The van der Waals surface area contributed by atoms with E-state index in [9.17, 15) is 4.79 Å². The second kappa shape index (κ2) is 4.81. The van der Waals surface area contributed by atoms with Gasteiger partial charge < -0.3 is 4.74 Å². The monoisotopic (exact) mass is 222 g/mol. The van der Waals surface area contributed by atoms with E-state index in [0.717, 1.165) is 29.7 Å². The molecule has 0 amide bonds. The molecule has 2 aliphatic rings. The van der Waals surface area contributed by atoms with Gasteiger partial charge in [-0.1, -0.05) is 24.4 Å². The Kier molecular flexibility index (Phi) is 3.44. The average molecular weight is 222 g/mol. The molecule has 0 bridgehead atoms. The van der Waals surface area contributed by atoms with E-state index in [1.807, 2.05) is 18.2 Å². The summed E-state index contributed by atoms with van der Waals surface area (Å²) in [5.74, 6) is 0.368. The maximum Gasteiger partial charge on any atom is 0.166 e. The first-order valence-electron chi connectivity index (χ1n) is 5.30. The highest BCUT2D eigenvalue weighted by Gasteiger charge is 2.24. The lowest BCUT2D eigenvalue weighted by Gasteiger charge is -2.21. The molecule has 0 atom stereocenters. The molecule has 0 radical (unpaired) electrons. The van der Waals surface area contributed by atoms with Crippen molar-refractivity contribution in [1.29, 1.82) is 0 Å². The summed E-state index contributed by atoms with van der Waals surface area (Å²) in [6.45, 7) is 1.41. The fourth-order valence-electron chi connectivity index (χ4n) is 1.93. The van der Waals surface area contributed by atoms with Crippen molar-refractivity contribution in [2.24, 2.45) is 5.92 Å². The van der Waals surface area contributed by atoms with Gasteiger partial charge in [0.15, 0.2) is 5.78 Å². The average Bonchev–Trinajstić information content (AvgIpc) is 2.29.